The van der Waals surface area contributed by atoms with Crippen LogP contribution in [0.2, 0.25) is 0 Å². The Labute approximate surface area is 181 Å². The maximum absolute atomic E-state index is 12.8. The van der Waals surface area contributed by atoms with Gasteiger partial charge in [-0.25, -0.2) is 9.97 Å². The molecular weight excluding hydrogens is 392 g/mol. The maximum Gasteiger partial charge on any atom is 0.263 e. The van der Waals surface area contributed by atoms with E-state index in [2.05, 4.69) is 20.4 Å². The van der Waals surface area contributed by atoms with Gasteiger partial charge in [-0.05, 0) is 56.7 Å². The van der Waals surface area contributed by atoms with E-state index >= 15 is 0 Å². The van der Waals surface area contributed by atoms with Crippen molar-refractivity contribution < 1.29 is 4.79 Å². The van der Waals surface area contributed by atoms with E-state index in [9.17, 15) is 9.59 Å². The molecule has 3 heterocycles. The van der Waals surface area contributed by atoms with E-state index in [0.29, 0.717) is 6.04 Å². The summed E-state index contributed by atoms with van der Waals surface area (Å²) in [5.74, 6) is -0.278. The first-order chi connectivity index (χ1) is 15.0. The minimum absolute atomic E-state index is 0.0662. The van der Waals surface area contributed by atoms with Crippen LogP contribution >= 0.6 is 0 Å². The molecule has 1 saturated carbocycles. The molecule has 3 aromatic rings. The molecule has 4 rings (SSSR count). The Morgan fingerprint density at radius 1 is 1.26 bits per heavy atom. The first-order valence-electron chi connectivity index (χ1n) is 10.8. The first-order valence-corrected chi connectivity index (χ1v) is 10.8. The maximum atomic E-state index is 12.8. The van der Waals surface area contributed by atoms with Crippen molar-refractivity contribution in [2.75, 3.05) is 0 Å². The summed E-state index contributed by atoms with van der Waals surface area (Å²) in [7, 11) is 1.73. The smallest absolute Gasteiger partial charge is 0.263 e. The molecule has 3 aromatic heterocycles. The van der Waals surface area contributed by atoms with E-state index in [1.807, 2.05) is 37.0 Å². The lowest BCUT2D eigenvalue weighted by molar-refractivity contribution is 0.0919. The quantitative estimate of drug-likeness (QED) is 0.685. The third kappa shape index (κ3) is 4.28. The monoisotopic (exact) mass is 420 g/mol. The van der Waals surface area contributed by atoms with Crippen molar-refractivity contribution in [3.05, 3.63) is 64.2 Å². The molecule has 31 heavy (non-hydrogen) atoms. The summed E-state index contributed by atoms with van der Waals surface area (Å²) in [6, 6.07) is 3.95. The standard InChI is InChI=1S/C23H28N6O2/c1-4-21-15(2)11-19(23(31)28(21)3)22(30)27-17-5-7-18(8-6-17)29-13-16(12-26-29)20-9-10-24-14-25-20/h9-14,17-18H,4-8H2,1-3H3,(H,27,30). The normalized spacial score (nSPS) is 18.7. The van der Waals surface area contributed by atoms with Gasteiger partial charge in [0.1, 0.15) is 11.9 Å². The van der Waals surface area contributed by atoms with Crippen molar-refractivity contribution in [2.24, 2.45) is 7.05 Å². The fraction of sp³-hybridized carbons (Fsp3) is 0.435. The minimum Gasteiger partial charge on any atom is -0.349 e. The van der Waals surface area contributed by atoms with Gasteiger partial charge in [-0.2, -0.15) is 5.10 Å². The SMILES string of the molecule is CCc1c(C)cc(C(=O)NC2CCC(n3cc(-c4ccncn4)cn3)CC2)c(=O)n1C. The van der Waals surface area contributed by atoms with E-state index in [0.717, 1.165) is 54.6 Å². The molecule has 1 fully saturated rings. The lowest BCUT2D eigenvalue weighted by Crippen LogP contribution is -2.41. The number of pyridine rings is 1. The predicted molar refractivity (Wildman–Crippen MR) is 118 cm³/mol. The number of aromatic nitrogens is 5. The number of carbonyl (C=O) groups excluding carboxylic acids is 1. The molecule has 0 saturated heterocycles. The van der Waals surface area contributed by atoms with Gasteiger partial charge >= 0.3 is 0 Å². The number of nitrogens with zero attached hydrogens (tertiary/aromatic N) is 5. The van der Waals surface area contributed by atoms with Crippen LogP contribution in [0.3, 0.4) is 0 Å². The number of carbonyl (C=O) groups is 1. The van der Waals surface area contributed by atoms with Crippen LogP contribution in [-0.4, -0.2) is 36.3 Å². The number of nitrogens with one attached hydrogen (secondary N) is 1. The molecule has 0 unspecified atom stereocenters. The second kappa shape index (κ2) is 8.83. The fourth-order valence-electron chi connectivity index (χ4n) is 4.49. The number of aryl methyl sites for hydroxylation is 1. The molecule has 0 radical (unpaired) electrons. The Kier molecular flexibility index (Phi) is 5.97. The van der Waals surface area contributed by atoms with Crippen LogP contribution in [0.15, 0.2) is 41.8 Å². The molecule has 0 aromatic carbocycles. The zero-order valence-corrected chi connectivity index (χ0v) is 18.2. The van der Waals surface area contributed by atoms with Crippen LogP contribution in [-0.2, 0) is 13.5 Å². The van der Waals surface area contributed by atoms with Crippen molar-refractivity contribution in [1.29, 1.82) is 0 Å². The van der Waals surface area contributed by atoms with Crippen LogP contribution in [0, 0.1) is 6.92 Å². The second-order valence-corrected chi connectivity index (χ2v) is 8.19. The van der Waals surface area contributed by atoms with Crippen molar-refractivity contribution in [3.63, 3.8) is 0 Å². The molecule has 0 aliphatic heterocycles. The molecule has 162 valence electrons. The third-order valence-electron chi connectivity index (χ3n) is 6.22. The molecule has 0 atom stereocenters. The van der Waals surface area contributed by atoms with Gasteiger partial charge in [0.25, 0.3) is 11.5 Å². The Balaban J connectivity index is 1.38. The lowest BCUT2D eigenvalue weighted by atomic mass is 9.91. The Morgan fingerprint density at radius 2 is 2.03 bits per heavy atom. The molecule has 8 nitrogen and oxygen atoms in total. The zero-order valence-electron chi connectivity index (χ0n) is 18.2. The number of amides is 1. The summed E-state index contributed by atoms with van der Waals surface area (Å²) in [6.07, 6.45) is 11.4. The Bertz CT molecular complexity index is 1130. The van der Waals surface area contributed by atoms with Crippen LogP contribution < -0.4 is 10.9 Å². The summed E-state index contributed by atoms with van der Waals surface area (Å²) in [5, 5.41) is 7.59. The fourth-order valence-corrected chi connectivity index (χ4v) is 4.49. The van der Waals surface area contributed by atoms with E-state index in [-0.39, 0.29) is 23.1 Å². The molecular formula is C23H28N6O2. The van der Waals surface area contributed by atoms with E-state index in [1.165, 1.54) is 6.33 Å². The average Bonchev–Trinajstić information content (AvgIpc) is 3.28. The van der Waals surface area contributed by atoms with Crippen LogP contribution in [0.25, 0.3) is 11.3 Å². The highest BCUT2D eigenvalue weighted by atomic mass is 16.2. The van der Waals surface area contributed by atoms with Crippen molar-refractivity contribution >= 4 is 5.91 Å². The minimum atomic E-state index is -0.278. The van der Waals surface area contributed by atoms with Gasteiger partial charge in [-0.1, -0.05) is 6.92 Å². The van der Waals surface area contributed by atoms with Crippen LogP contribution in [0.1, 0.15) is 60.3 Å². The van der Waals surface area contributed by atoms with E-state index in [4.69, 9.17) is 0 Å². The molecule has 1 amide bonds. The third-order valence-corrected chi connectivity index (χ3v) is 6.22. The Hall–Kier alpha value is -3.29. The second-order valence-electron chi connectivity index (χ2n) is 8.19. The summed E-state index contributed by atoms with van der Waals surface area (Å²) >= 11 is 0. The first kappa shape index (κ1) is 21.0. The van der Waals surface area contributed by atoms with Gasteiger partial charge in [0.15, 0.2) is 0 Å². The molecule has 1 aliphatic carbocycles. The topological polar surface area (TPSA) is 94.7 Å². The Morgan fingerprint density at radius 3 is 2.71 bits per heavy atom. The lowest BCUT2D eigenvalue weighted by Gasteiger charge is -2.29. The van der Waals surface area contributed by atoms with Crippen molar-refractivity contribution in [2.45, 2.75) is 58.0 Å². The van der Waals surface area contributed by atoms with Crippen molar-refractivity contribution in [3.8, 4) is 11.3 Å². The number of hydrogen-bond donors (Lipinski definition) is 1. The molecule has 0 spiro atoms. The highest BCUT2D eigenvalue weighted by Crippen LogP contribution is 2.29. The summed E-state index contributed by atoms with van der Waals surface area (Å²) in [4.78, 5) is 33.6. The van der Waals surface area contributed by atoms with Gasteiger partial charge in [0, 0.05) is 36.7 Å². The largest absolute Gasteiger partial charge is 0.349 e. The van der Waals surface area contributed by atoms with E-state index in [1.54, 1.807) is 23.9 Å². The van der Waals surface area contributed by atoms with Crippen LogP contribution in [0.4, 0.5) is 0 Å². The van der Waals surface area contributed by atoms with Gasteiger partial charge in [0.2, 0.25) is 0 Å². The highest BCUT2D eigenvalue weighted by molar-refractivity contribution is 5.94. The summed E-state index contributed by atoms with van der Waals surface area (Å²) in [5.41, 5.74) is 3.75. The molecule has 1 N–H and O–H groups in total. The molecule has 1 aliphatic rings. The van der Waals surface area contributed by atoms with Gasteiger partial charge in [0.05, 0.1) is 17.9 Å². The van der Waals surface area contributed by atoms with Crippen molar-refractivity contribution in [1.82, 2.24) is 29.6 Å². The molecule has 8 heteroatoms. The number of rotatable bonds is 5. The zero-order chi connectivity index (χ0) is 22.0. The van der Waals surface area contributed by atoms with E-state index < -0.39 is 0 Å². The summed E-state index contributed by atoms with van der Waals surface area (Å²) in [6.45, 7) is 3.95. The van der Waals surface area contributed by atoms with Gasteiger partial charge < -0.3 is 9.88 Å². The number of hydrogen-bond acceptors (Lipinski definition) is 5. The summed E-state index contributed by atoms with van der Waals surface area (Å²) < 4.78 is 3.59. The predicted octanol–water partition coefficient (Wildman–Crippen LogP) is 2.82. The highest BCUT2D eigenvalue weighted by Gasteiger charge is 2.25. The molecule has 0 bridgehead atoms. The van der Waals surface area contributed by atoms with Gasteiger partial charge in [-0.3, -0.25) is 14.3 Å². The average molecular weight is 421 g/mol. The van der Waals surface area contributed by atoms with Gasteiger partial charge in [-0.15, -0.1) is 0 Å². The van der Waals surface area contributed by atoms with Crippen LogP contribution in [0.5, 0.6) is 0 Å².